The molecule has 3 saturated heterocycles. The van der Waals surface area contributed by atoms with Crippen molar-refractivity contribution in [3.05, 3.63) is 130 Å². The van der Waals surface area contributed by atoms with Gasteiger partial charge in [0, 0.05) is 43.6 Å². The summed E-state index contributed by atoms with van der Waals surface area (Å²) in [5.74, 6) is 3.02. The average molecular weight is 945 g/mol. The zero-order valence-electron chi connectivity index (χ0n) is 38.3. The van der Waals surface area contributed by atoms with E-state index in [0.29, 0.717) is 35.4 Å². The molecule has 4 fully saturated rings. The van der Waals surface area contributed by atoms with Crippen LogP contribution in [0.25, 0.3) is 0 Å². The lowest BCUT2D eigenvalue weighted by Gasteiger charge is -2.37. The minimum Gasteiger partial charge on any atom is -0.497 e. The number of hydrogen-bond acceptors (Lipinski definition) is 13. The smallest absolute Gasteiger partial charge is 0.351 e. The van der Waals surface area contributed by atoms with Crippen LogP contribution in [-0.2, 0) is 45.4 Å². The van der Waals surface area contributed by atoms with Gasteiger partial charge in [-0.25, -0.2) is 9.79 Å². The zero-order valence-corrected chi connectivity index (χ0v) is 40.9. The highest BCUT2D eigenvalue weighted by Gasteiger charge is 2.57. The van der Waals surface area contributed by atoms with E-state index in [4.69, 9.17) is 54.3 Å². The monoisotopic (exact) mass is 944 g/mol. The third kappa shape index (κ3) is 9.91. The van der Waals surface area contributed by atoms with Crippen LogP contribution in [0.3, 0.4) is 0 Å². The largest absolute Gasteiger partial charge is 0.497 e. The molecule has 3 aliphatic heterocycles. The Kier molecular flexibility index (Phi) is 14.8. The summed E-state index contributed by atoms with van der Waals surface area (Å²) in [6.07, 6.45) is 2.67. The number of nitrogens with zero attached hydrogens (tertiary/aromatic N) is 4. The van der Waals surface area contributed by atoms with E-state index < -0.39 is 41.5 Å². The lowest BCUT2D eigenvalue weighted by molar-refractivity contribution is -0.0990. The zero-order chi connectivity index (χ0) is 45.9. The van der Waals surface area contributed by atoms with E-state index >= 15 is 0 Å². The number of hydrogen-bond donors (Lipinski definition) is 0. The van der Waals surface area contributed by atoms with Crippen LogP contribution in [0.1, 0.15) is 74.4 Å². The van der Waals surface area contributed by atoms with Crippen molar-refractivity contribution in [3.8, 4) is 11.5 Å². The van der Waals surface area contributed by atoms with Crippen molar-refractivity contribution in [2.75, 3.05) is 54.7 Å². The highest BCUT2D eigenvalue weighted by atomic mass is 32.9. The van der Waals surface area contributed by atoms with Crippen molar-refractivity contribution in [2.24, 2.45) is 10.9 Å². The number of amidine groups is 1. The maximum Gasteiger partial charge on any atom is 0.351 e. The molecule has 4 aromatic rings. The number of methoxy groups -OCH3 is 3. The van der Waals surface area contributed by atoms with E-state index in [9.17, 15) is 4.79 Å². The number of likely N-dealkylation sites (tertiary alicyclic amines) is 1. The second-order valence-corrected chi connectivity index (χ2v) is 24.1. The summed E-state index contributed by atoms with van der Waals surface area (Å²) < 4.78 is 53.3. The van der Waals surface area contributed by atoms with E-state index in [2.05, 4.69) is 30.3 Å². The van der Waals surface area contributed by atoms with Crippen LogP contribution in [0.4, 0.5) is 5.82 Å². The minimum atomic E-state index is -3.07. The van der Waals surface area contributed by atoms with Crippen molar-refractivity contribution < 1.29 is 37.5 Å². The second-order valence-electron chi connectivity index (χ2n) is 17.5. The number of aliphatic imine (C=N–C) groups is 1. The Balaban J connectivity index is 1.23. The van der Waals surface area contributed by atoms with Crippen LogP contribution in [0, 0.1) is 12.8 Å². The molecular formula is C49H61N4O9PS2. The highest BCUT2D eigenvalue weighted by Crippen LogP contribution is 2.76. The van der Waals surface area contributed by atoms with Crippen molar-refractivity contribution in [2.45, 2.75) is 93.9 Å². The van der Waals surface area contributed by atoms with Gasteiger partial charge in [0.25, 0.3) is 0 Å². The summed E-state index contributed by atoms with van der Waals surface area (Å²) in [7, 11) is 6.91. The number of benzene rings is 3. The molecule has 0 N–H and O–H groups in total. The first-order valence-electron chi connectivity index (χ1n) is 22.3. The third-order valence-electron chi connectivity index (χ3n) is 13.2. The fourth-order valence-corrected chi connectivity index (χ4v) is 17.0. The first-order chi connectivity index (χ1) is 31.3. The van der Waals surface area contributed by atoms with Crippen LogP contribution >= 0.6 is 17.1 Å². The predicted octanol–water partition coefficient (Wildman–Crippen LogP) is 9.14. The van der Waals surface area contributed by atoms with Gasteiger partial charge in [-0.15, -0.1) is 0 Å². The lowest BCUT2D eigenvalue weighted by atomic mass is 9.77. The summed E-state index contributed by atoms with van der Waals surface area (Å²) in [5.41, 5.74) is -0.346. The van der Waals surface area contributed by atoms with Crippen molar-refractivity contribution in [1.82, 2.24) is 14.5 Å². The molecule has 0 bridgehead atoms. The van der Waals surface area contributed by atoms with Gasteiger partial charge in [-0.1, -0.05) is 78.1 Å². The number of fused-ring (bicyclic) bond motifs is 1. The Bertz CT molecular complexity index is 2390. The molecule has 1 saturated carbocycles. The van der Waals surface area contributed by atoms with E-state index in [-0.39, 0.29) is 24.1 Å². The van der Waals surface area contributed by atoms with Crippen molar-refractivity contribution in [3.63, 3.8) is 0 Å². The predicted molar refractivity (Wildman–Crippen MR) is 258 cm³/mol. The van der Waals surface area contributed by atoms with E-state index in [1.807, 2.05) is 92.8 Å². The van der Waals surface area contributed by atoms with Gasteiger partial charge < -0.3 is 42.4 Å². The molecular weight excluding hydrogens is 884 g/mol. The van der Waals surface area contributed by atoms with Gasteiger partial charge in [-0.05, 0) is 105 Å². The van der Waals surface area contributed by atoms with Gasteiger partial charge in [0.2, 0.25) is 5.69 Å². The maximum absolute atomic E-state index is 14.3. The van der Waals surface area contributed by atoms with E-state index in [1.54, 1.807) is 38.9 Å². The number of ether oxygens (including phenoxy) is 6. The molecule has 0 spiro atoms. The molecule has 4 aliphatic rings. The molecule has 0 radical (unpaired) electrons. The fraction of sp³-hybridized carbons (Fsp3) is 0.490. The molecule has 3 aromatic carbocycles. The Labute approximate surface area is 391 Å². The summed E-state index contributed by atoms with van der Waals surface area (Å²) in [5, 5.41) is 0. The topological polar surface area (TPSA) is 124 Å². The molecule has 8 atom stereocenters. The molecule has 65 heavy (non-hydrogen) atoms. The van der Waals surface area contributed by atoms with Gasteiger partial charge in [0.1, 0.15) is 41.2 Å². The summed E-state index contributed by atoms with van der Waals surface area (Å²) in [4.78, 5) is 25.7. The molecule has 1 aromatic heterocycles. The molecule has 0 unspecified atom stereocenters. The Hall–Kier alpha value is -3.89. The number of rotatable bonds is 17. The van der Waals surface area contributed by atoms with Crippen LogP contribution in [0.2, 0.25) is 0 Å². The Morgan fingerprint density at radius 1 is 1.00 bits per heavy atom. The standard InChI is InChI=1S/C49H61N4O9PS2/c1-32(2)34-24-25-48(4)41(29-34)61-63(64,65-48)62-43-40(60-46(44(43)58-28-27-55-6)53-30-33(3)45(51-47(53)54)50-42-15-12-26-52(42)5)31-59-49(35-13-10-9-11-14-35,36-16-20-38(56-7)21-17-36)37-18-22-39(57-8)23-19-37/h9-11,13-14,16-23,30,34,40-41,43-44,46H,1,12,15,24-29,31H2,2-8H3/b50-42+/t34-,40+,41+,43+,44+,46+,48+,63+/m0/s1. The molecule has 13 nitrogen and oxygen atoms in total. The lowest BCUT2D eigenvalue weighted by Crippen LogP contribution is -2.42. The van der Waals surface area contributed by atoms with Gasteiger partial charge in [0.05, 0.1) is 40.1 Å². The molecule has 4 heterocycles. The second kappa shape index (κ2) is 20.1. The van der Waals surface area contributed by atoms with Crippen LogP contribution in [0.15, 0.2) is 107 Å². The number of aromatic nitrogens is 2. The van der Waals surface area contributed by atoms with Gasteiger partial charge in [-0.3, -0.25) is 4.57 Å². The number of aryl methyl sites for hydroxylation is 1. The summed E-state index contributed by atoms with van der Waals surface area (Å²) >= 11 is 8.10. The maximum atomic E-state index is 14.3. The van der Waals surface area contributed by atoms with Gasteiger partial charge >= 0.3 is 5.69 Å². The Morgan fingerprint density at radius 2 is 1.66 bits per heavy atom. The van der Waals surface area contributed by atoms with E-state index in [0.717, 1.165) is 66.7 Å². The van der Waals surface area contributed by atoms with Crippen LogP contribution < -0.4 is 15.2 Å². The minimum absolute atomic E-state index is 0.0179. The fourth-order valence-electron chi connectivity index (χ4n) is 9.41. The normalized spacial score (nSPS) is 28.4. The Morgan fingerprint density at radius 3 is 2.26 bits per heavy atom. The molecule has 0 amide bonds. The van der Waals surface area contributed by atoms with Gasteiger partial charge in [0.15, 0.2) is 12.0 Å². The molecule has 348 valence electrons. The molecule has 16 heteroatoms. The van der Waals surface area contributed by atoms with Gasteiger partial charge in [-0.2, -0.15) is 4.98 Å². The first kappa shape index (κ1) is 47.6. The van der Waals surface area contributed by atoms with Crippen molar-refractivity contribution >= 4 is 40.5 Å². The van der Waals surface area contributed by atoms with E-state index in [1.165, 1.54) is 4.57 Å². The quantitative estimate of drug-likeness (QED) is 0.0433. The number of allylic oxidation sites excluding steroid dienone is 1. The summed E-state index contributed by atoms with van der Waals surface area (Å²) in [6.45, 7) is 11.9. The average Bonchev–Trinajstić information content (AvgIpc) is 3.96. The van der Waals surface area contributed by atoms with Crippen molar-refractivity contribution in [1.29, 1.82) is 0 Å². The highest BCUT2D eigenvalue weighted by molar-refractivity contribution is 8.68. The third-order valence-corrected chi connectivity index (χ3v) is 18.9. The first-order valence-corrected chi connectivity index (χ1v) is 26.3. The molecule has 1 aliphatic carbocycles. The van der Waals surface area contributed by atoms with Crippen LogP contribution in [-0.4, -0.2) is 104 Å². The van der Waals surface area contributed by atoms with Crippen LogP contribution in [0.5, 0.6) is 11.5 Å². The molecule has 8 rings (SSSR count). The SMILES string of the molecule is C=C(C)[C@H]1CC[C@@]2(C)S[P@@](=S)(O[C@H]3[C@@H](OCCOC)[C@H](n4cc(C)c(/N=C5\CCCN5C)nc4=O)O[C@@H]3COC(c3ccccc3)(c3ccc(OC)cc3)c3ccc(OC)cc3)O[C@@H]2C1. The summed E-state index contributed by atoms with van der Waals surface area (Å²) in [6, 6.07) is 25.8.